The normalized spacial score (nSPS) is 27.5. The summed E-state index contributed by atoms with van der Waals surface area (Å²) in [6, 6.07) is 10.4. The molecular formula is C19H30N2. The zero-order valence-electron chi connectivity index (χ0n) is 13.6. The molecule has 0 spiro atoms. The van der Waals surface area contributed by atoms with Crippen molar-refractivity contribution in [3.63, 3.8) is 0 Å². The lowest BCUT2D eigenvalue weighted by Gasteiger charge is -2.34. The van der Waals surface area contributed by atoms with Crippen molar-refractivity contribution in [3.05, 3.63) is 35.4 Å². The Bertz CT molecular complexity index is 439. The van der Waals surface area contributed by atoms with E-state index < -0.39 is 0 Å². The van der Waals surface area contributed by atoms with Crippen LogP contribution in [-0.2, 0) is 0 Å². The zero-order valence-corrected chi connectivity index (χ0v) is 13.6. The van der Waals surface area contributed by atoms with Gasteiger partial charge in [-0.25, -0.2) is 0 Å². The first kappa shape index (κ1) is 15.1. The lowest BCUT2D eigenvalue weighted by Crippen LogP contribution is -2.40. The Hall–Kier alpha value is -0.860. The topological polar surface area (TPSA) is 15.3 Å². The lowest BCUT2D eigenvalue weighted by atomic mass is 9.85. The standard InChI is InChI=1S/C19H30N2/c1-3-20-18(16-10-8-15(2)9-11-16)14-21-13-12-17-6-4-5-7-19(17)21/h8-11,17-20H,3-7,12-14H2,1-2H3. The Balaban J connectivity index is 1.68. The molecule has 1 aliphatic heterocycles. The molecule has 0 bridgehead atoms. The van der Waals surface area contributed by atoms with Gasteiger partial charge < -0.3 is 5.32 Å². The SMILES string of the molecule is CCNC(CN1CCC2CCCCC21)c1ccc(C)cc1. The van der Waals surface area contributed by atoms with E-state index in [2.05, 4.69) is 48.3 Å². The van der Waals surface area contributed by atoms with Gasteiger partial charge in [0.25, 0.3) is 0 Å². The Morgan fingerprint density at radius 1 is 1.14 bits per heavy atom. The lowest BCUT2D eigenvalue weighted by molar-refractivity contribution is 0.167. The summed E-state index contributed by atoms with van der Waals surface area (Å²) in [5, 5.41) is 3.70. The monoisotopic (exact) mass is 286 g/mol. The summed E-state index contributed by atoms with van der Waals surface area (Å²) in [6.45, 7) is 7.91. The number of fused-ring (bicyclic) bond motifs is 1. The van der Waals surface area contributed by atoms with Gasteiger partial charge in [0.05, 0.1) is 0 Å². The van der Waals surface area contributed by atoms with Crippen LogP contribution in [0.25, 0.3) is 0 Å². The Labute approximate surface area is 129 Å². The van der Waals surface area contributed by atoms with Gasteiger partial charge in [0.1, 0.15) is 0 Å². The van der Waals surface area contributed by atoms with Crippen LogP contribution in [-0.4, -0.2) is 30.6 Å². The van der Waals surface area contributed by atoms with E-state index in [-0.39, 0.29) is 0 Å². The molecule has 1 aromatic carbocycles. The fraction of sp³-hybridized carbons (Fsp3) is 0.684. The van der Waals surface area contributed by atoms with Crippen molar-refractivity contribution < 1.29 is 0 Å². The molecule has 1 aliphatic carbocycles. The quantitative estimate of drug-likeness (QED) is 0.883. The highest BCUT2D eigenvalue weighted by atomic mass is 15.2. The maximum Gasteiger partial charge on any atom is 0.0449 e. The maximum atomic E-state index is 3.70. The summed E-state index contributed by atoms with van der Waals surface area (Å²) in [5.41, 5.74) is 2.80. The second kappa shape index (κ2) is 6.93. The van der Waals surface area contributed by atoms with Gasteiger partial charge in [-0.05, 0) is 50.8 Å². The van der Waals surface area contributed by atoms with Crippen LogP contribution in [0.3, 0.4) is 0 Å². The van der Waals surface area contributed by atoms with Crippen LogP contribution in [0.4, 0.5) is 0 Å². The van der Waals surface area contributed by atoms with Crippen molar-refractivity contribution >= 4 is 0 Å². The van der Waals surface area contributed by atoms with Crippen molar-refractivity contribution in [3.8, 4) is 0 Å². The summed E-state index contributed by atoms with van der Waals surface area (Å²) in [6.07, 6.45) is 7.23. The molecule has 1 N–H and O–H groups in total. The molecular weight excluding hydrogens is 256 g/mol. The smallest absolute Gasteiger partial charge is 0.0449 e. The predicted octanol–water partition coefficient (Wildman–Crippen LogP) is 3.91. The van der Waals surface area contributed by atoms with Crippen LogP contribution in [0.15, 0.2) is 24.3 Å². The number of hydrogen-bond donors (Lipinski definition) is 1. The molecule has 1 saturated heterocycles. The minimum atomic E-state index is 0.483. The minimum absolute atomic E-state index is 0.483. The van der Waals surface area contributed by atoms with Crippen LogP contribution >= 0.6 is 0 Å². The van der Waals surface area contributed by atoms with Crippen molar-refractivity contribution in [2.45, 2.75) is 58.0 Å². The molecule has 1 heterocycles. The number of aryl methyl sites for hydroxylation is 1. The van der Waals surface area contributed by atoms with Crippen molar-refractivity contribution in [2.24, 2.45) is 5.92 Å². The highest BCUT2D eigenvalue weighted by Gasteiger charge is 2.36. The van der Waals surface area contributed by atoms with Gasteiger partial charge in [-0.3, -0.25) is 4.90 Å². The van der Waals surface area contributed by atoms with Gasteiger partial charge in [0, 0.05) is 18.6 Å². The molecule has 0 amide bonds. The van der Waals surface area contributed by atoms with Crippen LogP contribution in [0.5, 0.6) is 0 Å². The molecule has 3 rings (SSSR count). The highest BCUT2D eigenvalue weighted by Crippen LogP contribution is 2.36. The Morgan fingerprint density at radius 2 is 1.90 bits per heavy atom. The number of benzene rings is 1. The second-order valence-corrected chi connectivity index (χ2v) is 6.92. The van der Waals surface area contributed by atoms with Gasteiger partial charge in [0.2, 0.25) is 0 Å². The molecule has 2 aliphatic rings. The van der Waals surface area contributed by atoms with Crippen LogP contribution in [0, 0.1) is 12.8 Å². The summed E-state index contributed by atoms with van der Waals surface area (Å²) >= 11 is 0. The molecule has 0 radical (unpaired) electrons. The van der Waals surface area contributed by atoms with Gasteiger partial charge in [-0.2, -0.15) is 0 Å². The molecule has 3 atom stereocenters. The van der Waals surface area contributed by atoms with Gasteiger partial charge in [-0.15, -0.1) is 0 Å². The molecule has 2 nitrogen and oxygen atoms in total. The van der Waals surface area contributed by atoms with Gasteiger partial charge >= 0.3 is 0 Å². The number of likely N-dealkylation sites (tertiary alicyclic amines) is 1. The summed E-state index contributed by atoms with van der Waals surface area (Å²) in [5.74, 6) is 0.985. The number of rotatable bonds is 5. The van der Waals surface area contributed by atoms with Gasteiger partial charge in [0.15, 0.2) is 0 Å². The summed E-state index contributed by atoms with van der Waals surface area (Å²) < 4.78 is 0. The van der Waals surface area contributed by atoms with E-state index in [9.17, 15) is 0 Å². The van der Waals surface area contributed by atoms with Crippen molar-refractivity contribution in [2.75, 3.05) is 19.6 Å². The molecule has 0 aromatic heterocycles. The molecule has 2 fully saturated rings. The molecule has 2 heteroatoms. The number of likely N-dealkylation sites (N-methyl/N-ethyl adjacent to an activating group) is 1. The largest absolute Gasteiger partial charge is 0.309 e. The first-order valence-corrected chi connectivity index (χ1v) is 8.82. The Morgan fingerprint density at radius 3 is 2.67 bits per heavy atom. The first-order chi connectivity index (χ1) is 10.3. The fourth-order valence-corrected chi connectivity index (χ4v) is 4.30. The van der Waals surface area contributed by atoms with E-state index in [0.29, 0.717) is 6.04 Å². The number of hydrogen-bond acceptors (Lipinski definition) is 2. The fourth-order valence-electron chi connectivity index (χ4n) is 4.30. The third-order valence-corrected chi connectivity index (χ3v) is 5.47. The number of nitrogens with one attached hydrogen (secondary N) is 1. The second-order valence-electron chi connectivity index (χ2n) is 6.92. The molecule has 1 aromatic rings. The summed E-state index contributed by atoms with van der Waals surface area (Å²) in [4.78, 5) is 2.77. The summed E-state index contributed by atoms with van der Waals surface area (Å²) in [7, 11) is 0. The van der Waals surface area contributed by atoms with Gasteiger partial charge in [-0.1, -0.05) is 49.6 Å². The minimum Gasteiger partial charge on any atom is -0.309 e. The molecule has 3 unspecified atom stereocenters. The van der Waals surface area contributed by atoms with E-state index in [0.717, 1.165) is 18.5 Å². The van der Waals surface area contributed by atoms with Crippen molar-refractivity contribution in [1.29, 1.82) is 0 Å². The average molecular weight is 286 g/mol. The average Bonchev–Trinajstić information content (AvgIpc) is 2.91. The van der Waals surface area contributed by atoms with E-state index in [1.54, 1.807) is 0 Å². The van der Waals surface area contributed by atoms with Crippen LogP contribution in [0.2, 0.25) is 0 Å². The maximum absolute atomic E-state index is 3.70. The molecule has 116 valence electrons. The van der Waals surface area contributed by atoms with E-state index in [1.807, 2.05) is 0 Å². The van der Waals surface area contributed by atoms with Crippen LogP contribution < -0.4 is 5.32 Å². The third-order valence-electron chi connectivity index (χ3n) is 5.47. The number of nitrogens with zero attached hydrogens (tertiary/aromatic N) is 1. The Kier molecular flexibility index (Phi) is 4.97. The van der Waals surface area contributed by atoms with Crippen LogP contribution in [0.1, 0.15) is 56.2 Å². The van der Waals surface area contributed by atoms with E-state index in [4.69, 9.17) is 0 Å². The first-order valence-electron chi connectivity index (χ1n) is 8.82. The van der Waals surface area contributed by atoms with Crippen molar-refractivity contribution in [1.82, 2.24) is 10.2 Å². The molecule has 21 heavy (non-hydrogen) atoms. The van der Waals surface area contributed by atoms with E-state index >= 15 is 0 Å². The predicted molar refractivity (Wildman–Crippen MR) is 89.5 cm³/mol. The highest BCUT2D eigenvalue weighted by molar-refractivity contribution is 5.24. The molecule has 1 saturated carbocycles. The zero-order chi connectivity index (χ0) is 14.7. The van der Waals surface area contributed by atoms with E-state index in [1.165, 1.54) is 56.3 Å². The third kappa shape index (κ3) is 3.49.